The third-order valence-electron chi connectivity index (χ3n) is 3.15. The number of ether oxygens (including phenoxy) is 2. The molecule has 0 aliphatic heterocycles. The molecule has 2 aromatic rings. The van der Waals surface area contributed by atoms with E-state index in [0.717, 1.165) is 0 Å². The highest BCUT2D eigenvalue weighted by molar-refractivity contribution is 6.30. The number of benzene rings is 2. The molecular formula is C18H20ClNO3. The second-order valence-electron chi connectivity index (χ2n) is 4.92. The molecule has 0 heterocycles. The monoisotopic (exact) mass is 333 g/mol. The molecular weight excluding hydrogens is 314 g/mol. The van der Waals surface area contributed by atoms with E-state index in [1.807, 2.05) is 32.0 Å². The summed E-state index contributed by atoms with van der Waals surface area (Å²) in [7, 11) is 0. The quantitative estimate of drug-likeness (QED) is 0.809. The highest BCUT2D eigenvalue weighted by Crippen LogP contribution is 2.21. The fourth-order valence-corrected chi connectivity index (χ4v) is 2.26. The molecule has 0 unspecified atom stereocenters. The Bertz CT molecular complexity index is 660. The Balaban J connectivity index is 2.03. The number of hydrogen-bond donors (Lipinski definition) is 1. The minimum absolute atomic E-state index is 0.207. The van der Waals surface area contributed by atoms with Crippen LogP contribution in [0.1, 0.15) is 20.3 Å². The van der Waals surface area contributed by atoms with Gasteiger partial charge in [-0.2, -0.15) is 0 Å². The molecule has 122 valence electrons. The Morgan fingerprint density at radius 1 is 1.13 bits per heavy atom. The van der Waals surface area contributed by atoms with Crippen molar-refractivity contribution >= 4 is 23.2 Å². The summed E-state index contributed by atoms with van der Waals surface area (Å²) in [6.45, 7) is 4.38. The zero-order valence-corrected chi connectivity index (χ0v) is 14.0. The van der Waals surface area contributed by atoms with Gasteiger partial charge in [-0.3, -0.25) is 4.79 Å². The van der Waals surface area contributed by atoms with Crippen molar-refractivity contribution in [3.8, 4) is 11.5 Å². The lowest BCUT2D eigenvalue weighted by Crippen LogP contribution is -2.32. The summed E-state index contributed by atoms with van der Waals surface area (Å²) >= 11 is 5.93. The lowest BCUT2D eigenvalue weighted by molar-refractivity contribution is -0.122. The summed E-state index contributed by atoms with van der Waals surface area (Å²) in [5, 5.41) is 3.42. The van der Waals surface area contributed by atoms with Crippen LogP contribution in [0.15, 0.2) is 48.5 Å². The van der Waals surface area contributed by atoms with E-state index in [0.29, 0.717) is 35.2 Å². The average Bonchev–Trinajstić information content (AvgIpc) is 2.53. The maximum absolute atomic E-state index is 12.4. The molecule has 0 bridgehead atoms. The first-order valence-electron chi connectivity index (χ1n) is 7.58. The second-order valence-corrected chi connectivity index (χ2v) is 5.36. The summed E-state index contributed by atoms with van der Waals surface area (Å²) in [5.74, 6) is 1.08. The molecule has 5 heteroatoms. The summed E-state index contributed by atoms with van der Waals surface area (Å²) in [5.41, 5.74) is 0.675. The number of anilines is 1. The minimum atomic E-state index is -0.593. The number of halogens is 1. The van der Waals surface area contributed by atoms with Crippen LogP contribution < -0.4 is 14.8 Å². The Hall–Kier alpha value is -2.20. The van der Waals surface area contributed by atoms with E-state index in [-0.39, 0.29) is 5.91 Å². The van der Waals surface area contributed by atoms with Crippen molar-refractivity contribution in [3.05, 3.63) is 53.6 Å². The Labute approximate surface area is 141 Å². The van der Waals surface area contributed by atoms with Crippen LogP contribution >= 0.6 is 11.6 Å². The van der Waals surface area contributed by atoms with Gasteiger partial charge in [0, 0.05) is 16.8 Å². The first-order chi connectivity index (χ1) is 11.1. The Morgan fingerprint density at radius 3 is 2.57 bits per heavy atom. The van der Waals surface area contributed by atoms with Crippen molar-refractivity contribution in [2.75, 3.05) is 11.9 Å². The molecule has 0 saturated carbocycles. The molecule has 0 aromatic heterocycles. The zero-order chi connectivity index (χ0) is 16.7. The van der Waals surface area contributed by atoms with Gasteiger partial charge in [-0.25, -0.2) is 0 Å². The Kier molecular flexibility index (Phi) is 6.29. The standard InChI is InChI=1S/C18H20ClNO3/c1-3-17(23-16-10-5-7-13(19)11-16)18(21)20-14-8-6-9-15(12-14)22-4-2/h5-12,17H,3-4H2,1-2H3,(H,20,21)/t17-/m0/s1. The van der Waals surface area contributed by atoms with E-state index < -0.39 is 6.10 Å². The normalized spacial score (nSPS) is 11.6. The van der Waals surface area contributed by atoms with E-state index in [1.54, 1.807) is 30.3 Å². The zero-order valence-electron chi connectivity index (χ0n) is 13.2. The Morgan fingerprint density at radius 2 is 1.87 bits per heavy atom. The van der Waals surface area contributed by atoms with Crippen LogP contribution in [0.4, 0.5) is 5.69 Å². The number of rotatable bonds is 7. The average molecular weight is 334 g/mol. The van der Waals surface area contributed by atoms with Gasteiger partial charge >= 0.3 is 0 Å². The van der Waals surface area contributed by atoms with Crippen LogP contribution in [0, 0.1) is 0 Å². The number of hydrogen-bond acceptors (Lipinski definition) is 3. The van der Waals surface area contributed by atoms with Gasteiger partial charge in [0.2, 0.25) is 0 Å². The summed E-state index contributed by atoms with van der Waals surface area (Å²) < 4.78 is 11.2. The van der Waals surface area contributed by atoms with Crippen LogP contribution in [-0.4, -0.2) is 18.6 Å². The summed E-state index contributed by atoms with van der Waals surface area (Å²) in [6.07, 6.45) is -0.0482. The lowest BCUT2D eigenvalue weighted by Gasteiger charge is -2.17. The maximum atomic E-state index is 12.4. The van der Waals surface area contributed by atoms with Crippen molar-refractivity contribution in [3.63, 3.8) is 0 Å². The number of nitrogens with one attached hydrogen (secondary N) is 1. The molecule has 23 heavy (non-hydrogen) atoms. The third-order valence-corrected chi connectivity index (χ3v) is 3.39. The first-order valence-corrected chi connectivity index (χ1v) is 7.96. The molecule has 0 spiro atoms. The molecule has 0 aliphatic rings. The van der Waals surface area contributed by atoms with E-state index in [1.165, 1.54) is 0 Å². The molecule has 1 atom stereocenters. The molecule has 2 rings (SSSR count). The molecule has 0 fully saturated rings. The largest absolute Gasteiger partial charge is 0.494 e. The van der Waals surface area contributed by atoms with Gasteiger partial charge in [0.1, 0.15) is 11.5 Å². The molecule has 1 amide bonds. The third kappa shape index (κ3) is 5.18. The highest BCUT2D eigenvalue weighted by Gasteiger charge is 2.18. The van der Waals surface area contributed by atoms with Crippen LogP contribution in [0.3, 0.4) is 0 Å². The van der Waals surface area contributed by atoms with Crippen LogP contribution in [0.2, 0.25) is 5.02 Å². The van der Waals surface area contributed by atoms with Crippen LogP contribution in [0.5, 0.6) is 11.5 Å². The number of carbonyl (C=O) groups is 1. The second kappa shape index (κ2) is 8.44. The molecule has 0 radical (unpaired) electrons. The van der Waals surface area contributed by atoms with Gasteiger partial charge in [-0.15, -0.1) is 0 Å². The minimum Gasteiger partial charge on any atom is -0.494 e. The van der Waals surface area contributed by atoms with E-state index in [2.05, 4.69) is 5.32 Å². The van der Waals surface area contributed by atoms with Crippen molar-refractivity contribution in [1.82, 2.24) is 0 Å². The van der Waals surface area contributed by atoms with Gasteiger partial charge in [0.25, 0.3) is 5.91 Å². The van der Waals surface area contributed by atoms with Crippen LogP contribution in [-0.2, 0) is 4.79 Å². The predicted octanol–water partition coefficient (Wildman–Crippen LogP) is 4.53. The summed E-state index contributed by atoms with van der Waals surface area (Å²) in [6, 6.07) is 14.3. The SMILES string of the molecule is CCOc1cccc(NC(=O)[C@H](CC)Oc2cccc(Cl)c2)c1. The van der Waals surface area contributed by atoms with E-state index in [4.69, 9.17) is 21.1 Å². The lowest BCUT2D eigenvalue weighted by atomic mass is 10.2. The molecule has 0 saturated heterocycles. The van der Waals surface area contributed by atoms with E-state index in [9.17, 15) is 4.79 Å². The maximum Gasteiger partial charge on any atom is 0.265 e. The van der Waals surface area contributed by atoms with Gasteiger partial charge in [-0.05, 0) is 43.7 Å². The van der Waals surface area contributed by atoms with Gasteiger partial charge in [-0.1, -0.05) is 30.7 Å². The molecule has 4 nitrogen and oxygen atoms in total. The van der Waals surface area contributed by atoms with Gasteiger partial charge in [0.05, 0.1) is 6.61 Å². The molecule has 0 aliphatic carbocycles. The number of carbonyl (C=O) groups excluding carboxylic acids is 1. The van der Waals surface area contributed by atoms with Gasteiger partial charge < -0.3 is 14.8 Å². The predicted molar refractivity (Wildman–Crippen MR) is 92.4 cm³/mol. The van der Waals surface area contributed by atoms with Crippen molar-refractivity contribution in [1.29, 1.82) is 0 Å². The molecule has 2 aromatic carbocycles. The fourth-order valence-electron chi connectivity index (χ4n) is 2.08. The van der Waals surface area contributed by atoms with E-state index >= 15 is 0 Å². The topological polar surface area (TPSA) is 47.6 Å². The van der Waals surface area contributed by atoms with Crippen molar-refractivity contribution in [2.45, 2.75) is 26.4 Å². The summed E-state index contributed by atoms with van der Waals surface area (Å²) in [4.78, 5) is 12.4. The van der Waals surface area contributed by atoms with Crippen molar-refractivity contribution < 1.29 is 14.3 Å². The smallest absolute Gasteiger partial charge is 0.265 e. The number of amides is 1. The highest BCUT2D eigenvalue weighted by atomic mass is 35.5. The van der Waals surface area contributed by atoms with Crippen LogP contribution in [0.25, 0.3) is 0 Å². The van der Waals surface area contributed by atoms with Crippen molar-refractivity contribution in [2.24, 2.45) is 0 Å². The van der Waals surface area contributed by atoms with Gasteiger partial charge in [0.15, 0.2) is 6.10 Å². The first kappa shape index (κ1) is 17.2. The fraction of sp³-hybridized carbons (Fsp3) is 0.278. The molecule has 1 N–H and O–H groups in total.